The van der Waals surface area contributed by atoms with Crippen LogP contribution < -0.4 is 0 Å². The first kappa shape index (κ1) is 11.0. The lowest BCUT2D eigenvalue weighted by atomic mass is 10.1. The number of rotatable bonds is 3. The molecular formula is C10H22N2O. The molecule has 1 aliphatic heterocycles. The van der Waals surface area contributed by atoms with Gasteiger partial charge in [0.15, 0.2) is 0 Å². The fourth-order valence-corrected chi connectivity index (χ4v) is 1.96. The van der Waals surface area contributed by atoms with Crippen LogP contribution in [0.1, 0.15) is 20.3 Å². The topological polar surface area (TPSA) is 26.7 Å². The van der Waals surface area contributed by atoms with E-state index in [0.29, 0.717) is 18.7 Å². The molecule has 0 aromatic rings. The smallest absolute Gasteiger partial charge is 0.0443 e. The molecule has 2 unspecified atom stereocenters. The van der Waals surface area contributed by atoms with Crippen molar-refractivity contribution in [1.29, 1.82) is 0 Å². The molecule has 0 aliphatic carbocycles. The summed E-state index contributed by atoms with van der Waals surface area (Å²) in [6.07, 6.45) is 0.904. The summed E-state index contributed by atoms with van der Waals surface area (Å²) in [5.74, 6) is 0. The van der Waals surface area contributed by atoms with Crippen LogP contribution in [-0.2, 0) is 0 Å². The predicted octanol–water partition coefficient (Wildman–Crippen LogP) is 0.393. The Balaban J connectivity index is 2.39. The lowest BCUT2D eigenvalue weighted by molar-refractivity contribution is 0.0485. The van der Waals surface area contributed by atoms with Crippen molar-refractivity contribution in [3.05, 3.63) is 0 Å². The third-order valence-electron chi connectivity index (χ3n) is 3.31. The molecule has 3 heteroatoms. The van der Waals surface area contributed by atoms with Crippen LogP contribution in [0.25, 0.3) is 0 Å². The molecular weight excluding hydrogens is 164 g/mol. The maximum atomic E-state index is 8.76. The second kappa shape index (κ2) is 4.94. The Kier molecular flexibility index (Phi) is 4.16. The normalized spacial score (nSPS) is 32.3. The molecule has 0 saturated carbocycles. The average molecular weight is 186 g/mol. The number of hydrogen-bond donors (Lipinski definition) is 1. The molecule has 1 saturated heterocycles. The van der Waals surface area contributed by atoms with E-state index in [-0.39, 0.29) is 0 Å². The SMILES string of the molecule is CC1C(C)N(CCCO)CCN1C. The summed E-state index contributed by atoms with van der Waals surface area (Å²) < 4.78 is 0. The molecule has 13 heavy (non-hydrogen) atoms. The molecule has 2 atom stereocenters. The Morgan fingerprint density at radius 2 is 1.92 bits per heavy atom. The molecule has 78 valence electrons. The molecule has 0 spiro atoms. The minimum atomic E-state index is 0.313. The summed E-state index contributed by atoms with van der Waals surface area (Å²) in [6.45, 7) is 8.19. The van der Waals surface area contributed by atoms with Gasteiger partial charge in [-0.3, -0.25) is 4.90 Å². The third-order valence-corrected chi connectivity index (χ3v) is 3.31. The average Bonchev–Trinajstić information content (AvgIpc) is 2.13. The van der Waals surface area contributed by atoms with Gasteiger partial charge in [-0.1, -0.05) is 0 Å². The first-order chi connectivity index (χ1) is 6.16. The van der Waals surface area contributed by atoms with Crippen molar-refractivity contribution >= 4 is 0 Å². The van der Waals surface area contributed by atoms with E-state index in [1.54, 1.807) is 0 Å². The van der Waals surface area contributed by atoms with E-state index in [0.717, 1.165) is 26.1 Å². The summed E-state index contributed by atoms with van der Waals surface area (Å²) in [6, 6.07) is 1.25. The van der Waals surface area contributed by atoms with Crippen molar-refractivity contribution in [1.82, 2.24) is 9.80 Å². The van der Waals surface area contributed by atoms with Crippen LogP contribution in [0.15, 0.2) is 0 Å². The van der Waals surface area contributed by atoms with Crippen molar-refractivity contribution < 1.29 is 5.11 Å². The largest absolute Gasteiger partial charge is 0.396 e. The minimum absolute atomic E-state index is 0.313. The van der Waals surface area contributed by atoms with Crippen LogP contribution in [0.4, 0.5) is 0 Å². The van der Waals surface area contributed by atoms with Crippen LogP contribution >= 0.6 is 0 Å². The molecule has 0 radical (unpaired) electrons. The summed E-state index contributed by atoms with van der Waals surface area (Å²) in [5.41, 5.74) is 0. The molecule has 1 aliphatic rings. The summed E-state index contributed by atoms with van der Waals surface area (Å²) in [5, 5.41) is 8.76. The van der Waals surface area contributed by atoms with Crippen molar-refractivity contribution in [2.45, 2.75) is 32.4 Å². The second-order valence-corrected chi connectivity index (χ2v) is 4.07. The van der Waals surface area contributed by atoms with Crippen LogP contribution in [0.5, 0.6) is 0 Å². The highest BCUT2D eigenvalue weighted by atomic mass is 16.3. The van der Waals surface area contributed by atoms with Gasteiger partial charge in [-0.25, -0.2) is 0 Å². The quantitative estimate of drug-likeness (QED) is 0.691. The van der Waals surface area contributed by atoms with Crippen molar-refractivity contribution in [2.75, 3.05) is 33.3 Å². The van der Waals surface area contributed by atoms with Crippen molar-refractivity contribution in [2.24, 2.45) is 0 Å². The van der Waals surface area contributed by atoms with Gasteiger partial charge in [0.1, 0.15) is 0 Å². The summed E-state index contributed by atoms with van der Waals surface area (Å²) >= 11 is 0. The highest BCUT2D eigenvalue weighted by Gasteiger charge is 2.27. The molecule has 0 aromatic heterocycles. The molecule has 3 nitrogen and oxygen atoms in total. The monoisotopic (exact) mass is 186 g/mol. The van der Waals surface area contributed by atoms with Crippen LogP contribution in [0.3, 0.4) is 0 Å². The zero-order valence-electron chi connectivity index (χ0n) is 9.03. The predicted molar refractivity (Wildman–Crippen MR) is 54.8 cm³/mol. The van der Waals surface area contributed by atoms with Crippen LogP contribution in [0.2, 0.25) is 0 Å². The lowest BCUT2D eigenvalue weighted by Crippen LogP contribution is -2.55. The minimum Gasteiger partial charge on any atom is -0.396 e. The molecule has 1 fully saturated rings. The Hall–Kier alpha value is -0.120. The molecule has 1 N–H and O–H groups in total. The number of aliphatic hydroxyl groups is 1. The van der Waals surface area contributed by atoms with Gasteiger partial charge in [0, 0.05) is 38.3 Å². The van der Waals surface area contributed by atoms with Crippen LogP contribution in [0, 0.1) is 0 Å². The van der Waals surface area contributed by atoms with E-state index in [9.17, 15) is 0 Å². The number of nitrogens with zero attached hydrogens (tertiary/aromatic N) is 2. The molecule has 1 heterocycles. The first-order valence-corrected chi connectivity index (χ1v) is 5.22. The Morgan fingerprint density at radius 1 is 1.23 bits per heavy atom. The zero-order chi connectivity index (χ0) is 9.84. The maximum Gasteiger partial charge on any atom is 0.0443 e. The lowest BCUT2D eigenvalue weighted by Gasteiger charge is -2.43. The van der Waals surface area contributed by atoms with Crippen LogP contribution in [-0.4, -0.2) is 60.3 Å². The maximum absolute atomic E-state index is 8.76. The number of piperazine rings is 1. The molecule has 0 aromatic carbocycles. The van der Waals surface area contributed by atoms with Gasteiger partial charge in [-0.2, -0.15) is 0 Å². The van der Waals surface area contributed by atoms with E-state index < -0.39 is 0 Å². The van der Waals surface area contributed by atoms with Gasteiger partial charge < -0.3 is 10.0 Å². The van der Waals surface area contributed by atoms with Gasteiger partial charge in [-0.15, -0.1) is 0 Å². The van der Waals surface area contributed by atoms with Crippen molar-refractivity contribution in [3.8, 4) is 0 Å². The van der Waals surface area contributed by atoms with Gasteiger partial charge in [-0.05, 0) is 27.3 Å². The van der Waals surface area contributed by atoms with E-state index in [1.807, 2.05) is 0 Å². The summed E-state index contributed by atoms with van der Waals surface area (Å²) in [4.78, 5) is 4.88. The van der Waals surface area contributed by atoms with E-state index in [4.69, 9.17) is 5.11 Å². The Morgan fingerprint density at radius 3 is 2.54 bits per heavy atom. The number of hydrogen-bond acceptors (Lipinski definition) is 3. The third kappa shape index (κ3) is 2.66. The standard InChI is InChI=1S/C10H22N2O/c1-9-10(2)12(5-4-8-13)7-6-11(9)3/h9-10,13H,4-8H2,1-3H3. The highest BCUT2D eigenvalue weighted by molar-refractivity contribution is 4.84. The molecule has 0 bridgehead atoms. The Labute approximate surface area is 81.3 Å². The van der Waals surface area contributed by atoms with Gasteiger partial charge in [0.2, 0.25) is 0 Å². The highest BCUT2D eigenvalue weighted by Crippen LogP contribution is 2.14. The van der Waals surface area contributed by atoms with E-state index >= 15 is 0 Å². The second-order valence-electron chi connectivity index (χ2n) is 4.07. The first-order valence-electron chi connectivity index (χ1n) is 5.22. The van der Waals surface area contributed by atoms with Gasteiger partial charge in [0.05, 0.1) is 0 Å². The number of aliphatic hydroxyl groups excluding tert-OH is 1. The fourth-order valence-electron chi connectivity index (χ4n) is 1.96. The van der Waals surface area contributed by atoms with E-state index in [2.05, 4.69) is 30.7 Å². The fraction of sp³-hybridized carbons (Fsp3) is 1.00. The Bertz CT molecular complexity index is 150. The van der Waals surface area contributed by atoms with Gasteiger partial charge >= 0.3 is 0 Å². The zero-order valence-corrected chi connectivity index (χ0v) is 9.03. The molecule has 0 amide bonds. The van der Waals surface area contributed by atoms with Crippen molar-refractivity contribution in [3.63, 3.8) is 0 Å². The molecule has 1 rings (SSSR count). The van der Waals surface area contributed by atoms with Gasteiger partial charge in [0.25, 0.3) is 0 Å². The van der Waals surface area contributed by atoms with E-state index in [1.165, 1.54) is 0 Å². The summed E-state index contributed by atoms with van der Waals surface area (Å²) in [7, 11) is 2.19. The number of likely N-dealkylation sites (N-methyl/N-ethyl adjacent to an activating group) is 1.